The van der Waals surface area contributed by atoms with Crippen molar-refractivity contribution < 1.29 is 39.6 Å². The highest BCUT2D eigenvalue weighted by atomic mass is 16.4. The third kappa shape index (κ3) is 10.2. The van der Waals surface area contributed by atoms with Crippen LogP contribution in [0.25, 0.3) is 90.9 Å². The Morgan fingerprint density at radius 3 is 0.722 bits per heavy atom. The quantitative estimate of drug-likeness (QED) is 0.0460. The molecule has 72 heavy (non-hydrogen) atoms. The molecule has 0 saturated heterocycles. The number of carboxylic acid groups (broad SMARTS) is 4. The van der Waals surface area contributed by atoms with E-state index in [1.165, 1.54) is 0 Å². The number of nitrogens with zero attached hydrogens (tertiary/aromatic N) is 2. The SMILES string of the molecule is N[C@@H](Cc1ccc(-c2c3nc(c(-c4ccc(C[C@H](N)C(=O)O)cc4)c4ccc([nH]4)c(-c4ccc(C[C@H](N)C(=O)O)cc4)c4nc(c(-c5ccc(C[C@H](N)C(=O)O)cc5)c5ccc2[nH]5)C=C4)C=C3)cc1)C(=O)O. The van der Waals surface area contributed by atoms with Crippen LogP contribution in [0.1, 0.15) is 45.0 Å². The molecule has 16 heteroatoms. The van der Waals surface area contributed by atoms with Gasteiger partial charge in [0.25, 0.3) is 0 Å². The second kappa shape index (κ2) is 20.3. The molecular formula is C56H50N8O8. The molecule has 0 unspecified atom stereocenters. The first-order chi connectivity index (χ1) is 34.6. The lowest BCUT2D eigenvalue weighted by molar-refractivity contribution is -0.139. The zero-order valence-electron chi connectivity index (χ0n) is 38.6. The number of aliphatic carboxylic acids is 4. The van der Waals surface area contributed by atoms with Crippen molar-refractivity contribution in [3.8, 4) is 44.5 Å². The number of aromatic nitrogens is 4. The van der Waals surface area contributed by atoms with Crippen molar-refractivity contribution in [2.24, 2.45) is 22.9 Å². The van der Waals surface area contributed by atoms with Gasteiger partial charge in [0.2, 0.25) is 0 Å². The second-order valence-corrected chi connectivity index (χ2v) is 17.9. The fraction of sp³-hybridized carbons (Fsp3) is 0.143. The maximum Gasteiger partial charge on any atom is 0.320 e. The number of nitrogens with one attached hydrogen (secondary N) is 2. The Kier molecular flexibility index (Phi) is 13.6. The molecule has 4 aromatic carbocycles. The number of carboxylic acids is 4. The summed E-state index contributed by atoms with van der Waals surface area (Å²) in [5, 5.41) is 38.1. The number of rotatable bonds is 16. The zero-order valence-corrected chi connectivity index (χ0v) is 38.6. The highest BCUT2D eigenvalue weighted by Crippen LogP contribution is 2.39. The first-order valence-electron chi connectivity index (χ1n) is 23.1. The van der Waals surface area contributed by atoms with E-state index in [1.54, 1.807) is 0 Å². The van der Waals surface area contributed by atoms with E-state index in [1.807, 2.05) is 146 Å². The minimum atomic E-state index is -1.10. The molecule has 0 fully saturated rings. The largest absolute Gasteiger partial charge is 0.480 e. The van der Waals surface area contributed by atoms with Gasteiger partial charge in [-0.15, -0.1) is 0 Å². The molecule has 7 aromatic rings. The maximum atomic E-state index is 11.6. The average Bonchev–Trinajstić information content (AvgIpc) is 4.22. The molecule has 0 spiro atoms. The van der Waals surface area contributed by atoms with Gasteiger partial charge in [-0.05, 0) is 119 Å². The van der Waals surface area contributed by atoms with Crippen molar-refractivity contribution in [2.45, 2.75) is 49.9 Å². The van der Waals surface area contributed by atoms with Gasteiger partial charge in [-0.25, -0.2) is 9.97 Å². The lowest BCUT2D eigenvalue weighted by atomic mass is 9.99. The van der Waals surface area contributed by atoms with E-state index in [4.69, 9.17) is 32.9 Å². The molecule has 16 nitrogen and oxygen atoms in total. The number of fused-ring (bicyclic) bond motifs is 8. The molecule has 0 aliphatic carbocycles. The van der Waals surface area contributed by atoms with Crippen LogP contribution in [-0.2, 0) is 44.9 Å². The van der Waals surface area contributed by atoms with Gasteiger partial charge in [0, 0.05) is 44.3 Å². The van der Waals surface area contributed by atoms with Crippen LogP contribution < -0.4 is 22.9 Å². The van der Waals surface area contributed by atoms with Crippen LogP contribution in [-0.4, -0.2) is 88.4 Å². The fourth-order valence-electron chi connectivity index (χ4n) is 9.02. The van der Waals surface area contributed by atoms with Crippen LogP contribution in [0, 0.1) is 0 Å². The minimum absolute atomic E-state index is 0.133. The van der Waals surface area contributed by atoms with Crippen LogP contribution in [0.4, 0.5) is 0 Å². The molecule has 4 atom stereocenters. The van der Waals surface area contributed by atoms with E-state index in [-0.39, 0.29) is 25.7 Å². The van der Waals surface area contributed by atoms with Gasteiger partial charge in [0.1, 0.15) is 24.2 Å². The number of benzene rings is 4. The molecule has 2 aliphatic rings. The van der Waals surface area contributed by atoms with Crippen molar-refractivity contribution in [1.29, 1.82) is 0 Å². The van der Waals surface area contributed by atoms with E-state index in [2.05, 4.69) is 9.97 Å². The second-order valence-electron chi connectivity index (χ2n) is 17.9. The first kappa shape index (κ1) is 48.2. The average molecular weight is 963 g/mol. The number of nitrogens with two attached hydrogens (primary N) is 4. The summed E-state index contributed by atoms with van der Waals surface area (Å²) in [5.41, 5.74) is 38.1. The van der Waals surface area contributed by atoms with Gasteiger partial charge in [0.05, 0.1) is 22.8 Å². The maximum absolute atomic E-state index is 11.6. The van der Waals surface area contributed by atoms with Gasteiger partial charge in [-0.1, -0.05) is 97.1 Å². The Balaban J connectivity index is 1.34. The summed E-state index contributed by atoms with van der Waals surface area (Å²) in [6.07, 6.45) is 8.28. The van der Waals surface area contributed by atoms with E-state index in [0.29, 0.717) is 44.8 Å². The van der Waals surface area contributed by atoms with E-state index >= 15 is 0 Å². The topological polar surface area (TPSA) is 311 Å². The standard InChI is InChI=1S/C56H50N8O8/c57-37(53(65)66)25-29-1-9-33(10-2-29)49-41-17-19-43(61-41)50(34-11-3-30(4-12-34)26-38(58)54(67)68)45-21-23-47(63-45)52(36-15-7-32(8-16-36)28-40(60)56(71)72)48-24-22-46(64-48)51(44-20-18-42(49)62-44)35-13-5-31(6-14-35)27-39(59)55(69)70/h1-24,37-40,61,64H,25-28,57-60H2,(H,65,66)(H,67,68)(H,69,70)(H,71,72)/t37-,38-,39-,40-/m0/s1. The third-order valence-corrected chi connectivity index (χ3v) is 12.8. The first-order valence-corrected chi connectivity index (χ1v) is 23.1. The molecule has 14 N–H and O–H groups in total. The molecule has 5 heterocycles. The van der Waals surface area contributed by atoms with Crippen LogP contribution in [0.3, 0.4) is 0 Å². The predicted molar refractivity (Wildman–Crippen MR) is 278 cm³/mol. The van der Waals surface area contributed by atoms with Gasteiger partial charge in [-0.2, -0.15) is 0 Å². The van der Waals surface area contributed by atoms with Crippen molar-refractivity contribution >= 4 is 70.2 Å². The molecule has 362 valence electrons. The van der Waals surface area contributed by atoms with Crippen LogP contribution in [0.5, 0.6) is 0 Å². The van der Waals surface area contributed by atoms with Crippen LogP contribution in [0.2, 0.25) is 0 Å². The van der Waals surface area contributed by atoms with Crippen LogP contribution >= 0.6 is 0 Å². The number of hydrogen-bond acceptors (Lipinski definition) is 10. The summed E-state index contributed by atoms with van der Waals surface area (Å²) < 4.78 is 0. The summed E-state index contributed by atoms with van der Waals surface area (Å²) in [7, 11) is 0. The van der Waals surface area contributed by atoms with Gasteiger partial charge >= 0.3 is 23.9 Å². The highest BCUT2D eigenvalue weighted by molar-refractivity contribution is 6.00. The summed E-state index contributed by atoms with van der Waals surface area (Å²) in [6, 6.07) is 33.7. The predicted octanol–water partition coefficient (Wildman–Crippen LogP) is 7.14. The van der Waals surface area contributed by atoms with Crippen molar-refractivity contribution in [1.82, 2.24) is 19.9 Å². The third-order valence-electron chi connectivity index (χ3n) is 12.8. The number of hydrogen-bond donors (Lipinski definition) is 10. The molecule has 2 aliphatic heterocycles. The lowest BCUT2D eigenvalue weighted by Crippen LogP contribution is -2.32. The Bertz CT molecular complexity index is 3040. The Hall–Kier alpha value is -8.80. The van der Waals surface area contributed by atoms with Crippen molar-refractivity contribution in [2.75, 3.05) is 0 Å². The minimum Gasteiger partial charge on any atom is -0.480 e. The fourth-order valence-corrected chi connectivity index (χ4v) is 9.02. The molecule has 3 aromatic heterocycles. The molecule has 0 amide bonds. The van der Waals surface area contributed by atoms with Gasteiger partial charge < -0.3 is 53.3 Å². The monoisotopic (exact) mass is 962 g/mol. The Labute approximate surface area is 412 Å². The van der Waals surface area contributed by atoms with E-state index < -0.39 is 48.0 Å². The van der Waals surface area contributed by atoms with Crippen molar-refractivity contribution in [3.63, 3.8) is 0 Å². The van der Waals surface area contributed by atoms with Crippen LogP contribution in [0.15, 0.2) is 121 Å². The summed E-state index contributed by atoms with van der Waals surface area (Å²) in [4.78, 5) is 64.6. The van der Waals surface area contributed by atoms with Gasteiger partial charge in [-0.3, -0.25) is 19.2 Å². The van der Waals surface area contributed by atoms with E-state index in [9.17, 15) is 39.6 Å². The van der Waals surface area contributed by atoms with Gasteiger partial charge in [0.15, 0.2) is 0 Å². The summed E-state index contributed by atoms with van der Waals surface area (Å²) >= 11 is 0. The molecule has 0 radical (unpaired) electrons. The number of carbonyl (C=O) groups is 4. The highest BCUT2D eigenvalue weighted by Gasteiger charge is 2.22. The molecule has 0 saturated carbocycles. The normalized spacial score (nSPS) is 13.6. The summed E-state index contributed by atoms with van der Waals surface area (Å²) in [5.74, 6) is -4.39. The lowest BCUT2D eigenvalue weighted by Gasteiger charge is -2.10. The molecule has 9 rings (SSSR count). The zero-order chi connectivity index (χ0) is 50.8. The number of aromatic amines is 2. The summed E-state index contributed by atoms with van der Waals surface area (Å²) in [6.45, 7) is 0. The number of H-pyrrole nitrogens is 2. The van der Waals surface area contributed by atoms with Crippen molar-refractivity contribution in [3.05, 3.63) is 166 Å². The smallest absolute Gasteiger partial charge is 0.320 e. The Morgan fingerprint density at radius 1 is 0.347 bits per heavy atom. The molecular weight excluding hydrogens is 913 g/mol. The van der Waals surface area contributed by atoms with E-state index in [0.717, 1.165) is 66.8 Å². The Morgan fingerprint density at radius 2 is 0.542 bits per heavy atom. The molecule has 8 bridgehead atoms.